The number of hydrogen-bond donors (Lipinski definition) is 1. The summed E-state index contributed by atoms with van der Waals surface area (Å²) in [5, 5.41) is 9.73. The first-order chi connectivity index (χ1) is 11.7. The molecule has 3 rings (SSSR count). The zero-order valence-electron chi connectivity index (χ0n) is 15.3. The van der Waals surface area contributed by atoms with E-state index in [9.17, 15) is 9.90 Å². The molecule has 0 amide bonds. The molecule has 1 aliphatic carbocycles. The summed E-state index contributed by atoms with van der Waals surface area (Å²) in [6, 6.07) is 11.2. The lowest BCUT2D eigenvalue weighted by Gasteiger charge is -2.42. The van der Waals surface area contributed by atoms with E-state index in [1.807, 2.05) is 0 Å². The van der Waals surface area contributed by atoms with Gasteiger partial charge in [0.15, 0.2) is 0 Å². The van der Waals surface area contributed by atoms with E-state index < -0.39 is 0 Å². The number of phenols is 1. The van der Waals surface area contributed by atoms with Gasteiger partial charge < -0.3 is 9.84 Å². The van der Waals surface area contributed by atoms with Crippen LogP contribution in [0.1, 0.15) is 62.8 Å². The van der Waals surface area contributed by atoms with E-state index in [0.717, 1.165) is 5.56 Å². The summed E-state index contributed by atoms with van der Waals surface area (Å²) in [5.74, 6) is 0.426. The quantitative estimate of drug-likeness (QED) is 0.873. The van der Waals surface area contributed by atoms with Crippen LogP contribution in [0.3, 0.4) is 0 Å². The van der Waals surface area contributed by atoms with Gasteiger partial charge in [0, 0.05) is 6.07 Å². The number of ether oxygens (including phenoxy) is 1. The van der Waals surface area contributed by atoms with Gasteiger partial charge in [0.1, 0.15) is 18.1 Å². The molecule has 0 heterocycles. The van der Waals surface area contributed by atoms with Crippen molar-refractivity contribution in [1.82, 2.24) is 0 Å². The van der Waals surface area contributed by atoms with Gasteiger partial charge in [0.2, 0.25) is 6.29 Å². The average molecular weight is 337 g/mol. The lowest BCUT2D eigenvalue weighted by atomic mass is 9.63. The zero-order chi connectivity index (χ0) is 18.2. The van der Waals surface area contributed by atoms with Crippen LogP contribution >= 0.6 is 0 Å². The van der Waals surface area contributed by atoms with Crippen molar-refractivity contribution in [1.29, 1.82) is 0 Å². The second kappa shape index (κ2) is 6.21. The monoisotopic (exact) mass is 337 g/mol. The van der Waals surface area contributed by atoms with E-state index in [2.05, 4.69) is 45.9 Å². The van der Waals surface area contributed by atoms with Crippen LogP contribution in [0.15, 0.2) is 36.4 Å². The first-order valence-electron chi connectivity index (χ1n) is 8.71. The lowest BCUT2D eigenvalue weighted by molar-refractivity contribution is 0.301. The number of fused-ring (bicyclic) bond motifs is 1. The molecular formula is C22H25O3. The fraction of sp³-hybridized carbons (Fsp3) is 0.409. The smallest absolute Gasteiger partial charge is 0.237 e. The van der Waals surface area contributed by atoms with Crippen LogP contribution < -0.4 is 4.74 Å². The van der Waals surface area contributed by atoms with Crippen molar-refractivity contribution in [3.8, 4) is 11.5 Å². The Hall–Kier alpha value is -2.29. The van der Waals surface area contributed by atoms with Gasteiger partial charge in [-0.05, 0) is 52.5 Å². The molecule has 131 valence electrons. The van der Waals surface area contributed by atoms with E-state index in [0.29, 0.717) is 12.4 Å². The number of benzene rings is 2. The molecule has 0 spiro atoms. The molecule has 1 radical (unpaired) electrons. The minimum Gasteiger partial charge on any atom is -0.507 e. The standard InChI is InChI=1S/C22H25O3/c1-21(2)9-10-22(3,4)19-11-15(5-8-18(19)21)14-25-17-7-6-16(13-23)20(24)12-17/h5-8,11-12,24H,9-10,14H2,1-4H3. The Kier molecular flexibility index (Phi) is 4.36. The van der Waals surface area contributed by atoms with E-state index in [1.165, 1.54) is 36.1 Å². The average Bonchev–Trinajstić information content (AvgIpc) is 2.57. The Bertz CT molecular complexity index is 803. The van der Waals surface area contributed by atoms with Crippen molar-refractivity contribution < 1.29 is 14.6 Å². The van der Waals surface area contributed by atoms with E-state index in [4.69, 9.17) is 4.74 Å². The number of aromatic hydroxyl groups is 1. The van der Waals surface area contributed by atoms with Crippen molar-refractivity contribution in [2.24, 2.45) is 0 Å². The topological polar surface area (TPSA) is 46.5 Å². The Balaban J connectivity index is 1.83. The second-order valence-electron chi connectivity index (χ2n) is 8.22. The fourth-order valence-corrected chi connectivity index (χ4v) is 3.58. The summed E-state index contributed by atoms with van der Waals surface area (Å²) in [6.07, 6.45) is 4.06. The van der Waals surface area contributed by atoms with Crippen LogP contribution in [0.2, 0.25) is 0 Å². The van der Waals surface area contributed by atoms with Crippen molar-refractivity contribution in [2.45, 2.75) is 58.0 Å². The Morgan fingerprint density at radius 1 is 1.00 bits per heavy atom. The molecule has 0 bridgehead atoms. The molecule has 0 saturated carbocycles. The second-order valence-corrected chi connectivity index (χ2v) is 8.22. The Morgan fingerprint density at radius 3 is 2.32 bits per heavy atom. The van der Waals surface area contributed by atoms with Gasteiger partial charge in [-0.15, -0.1) is 0 Å². The third-order valence-corrected chi connectivity index (χ3v) is 5.40. The van der Waals surface area contributed by atoms with Crippen LogP contribution in [0.5, 0.6) is 11.5 Å². The molecule has 25 heavy (non-hydrogen) atoms. The molecule has 1 aliphatic rings. The van der Waals surface area contributed by atoms with Crippen LogP contribution in [0.4, 0.5) is 0 Å². The zero-order valence-corrected chi connectivity index (χ0v) is 15.3. The summed E-state index contributed by atoms with van der Waals surface area (Å²) in [5.41, 5.74) is 4.45. The van der Waals surface area contributed by atoms with Gasteiger partial charge in [0.05, 0.1) is 5.56 Å². The number of hydrogen-bond acceptors (Lipinski definition) is 3. The highest BCUT2D eigenvalue weighted by atomic mass is 16.5. The molecule has 0 saturated heterocycles. The third kappa shape index (κ3) is 3.41. The van der Waals surface area contributed by atoms with Crippen molar-refractivity contribution in [3.05, 3.63) is 58.7 Å². The molecule has 0 aromatic heterocycles. The van der Waals surface area contributed by atoms with Crippen molar-refractivity contribution in [2.75, 3.05) is 0 Å². The molecule has 0 atom stereocenters. The molecule has 1 N–H and O–H groups in total. The highest BCUT2D eigenvalue weighted by Crippen LogP contribution is 2.45. The van der Waals surface area contributed by atoms with Crippen LogP contribution in [0.25, 0.3) is 0 Å². The molecule has 0 fully saturated rings. The first-order valence-corrected chi connectivity index (χ1v) is 8.71. The number of carbonyl (C=O) groups excluding carboxylic acids is 1. The van der Waals surface area contributed by atoms with Crippen LogP contribution in [0, 0.1) is 0 Å². The Labute approximate surface area is 149 Å². The van der Waals surface area contributed by atoms with E-state index in [1.54, 1.807) is 12.4 Å². The summed E-state index contributed by atoms with van der Waals surface area (Å²) >= 11 is 0. The number of phenolic OH excluding ortho intramolecular Hbond substituents is 1. The minimum absolute atomic E-state index is 0.110. The minimum atomic E-state index is -0.110. The Morgan fingerprint density at radius 2 is 1.68 bits per heavy atom. The first kappa shape index (κ1) is 17.5. The number of rotatable bonds is 4. The van der Waals surface area contributed by atoms with Gasteiger partial charge in [-0.25, -0.2) is 0 Å². The SMILES string of the molecule is CC1(C)CCC(C)(C)c2cc(COc3ccc([C]=O)c(O)c3)ccc21. The van der Waals surface area contributed by atoms with Crippen molar-refractivity contribution in [3.63, 3.8) is 0 Å². The summed E-state index contributed by atoms with van der Waals surface area (Å²) < 4.78 is 5.79. The van der Waals surface area contributed by atoms with E-state index in [-0.39, 0.29) is 22.1 Å². The molecule has 3 nitrogen and oxygen atoms in total. The van der Waals surface area contributed by atoms with Crippen LogP contribution in [-0.2, 0) is 22.2 Å². The third-order valence-electron chi connectivity index (χ3n) is 5.40. The molecular weight excluding hydrogens is 312 g/mol. The maximum atomic E-state index is 10.6. The van der Waals surface area contributed by atoms with Gasteiger partial charge in [-0.3, -0.25) is 4.79 Å². The van der Waals surface area contributed by atoms with Gasteiger partial charge in [-0.1, -0.05) is 45.9 Å². The summed E-state index contributed by atoms with van der Waals surface area (Å²) in [6.45, 7) is 9.65. The lowest BCUT2D eigenvalue weighted by Crippen LogP contribution is -2.33. The fourth-order valence-electron chi connectivity index (χ4n) is 3.58. The maximum absolute atomic E-state index is 10.6. The van der Waals surface area contributed by atoms with Crippen LogP contribution in [-0.4, -0.2) is 11.4 Å². The van der Waals surface area contributed by atoms with Gasteiger partial charge in [0.25, 0.3) is 0 Å². The maximum Gasteiger partial charge on any atom is 0.237 e. The summed E-state index contributed by atoms with van der Waals surface area (Å²) in [4.78, 5) is 10.6. The molecule has 0 aliphatic heterocycles. The highest BCUT2D eigenvalue weighted by Gasteiger charge is 2.36. The predicted molar refractivity (Wildman–Crippen MR) is 99.0 cm³/mol. The summed E-state index contributed by atoms with van der Waals surface area (Å²) in [7, 11) is 0. The molecule has 2 aromatic carbocycles. The van der Waals surface area contributed by atoms with Crippen molar-refractivity contribution >= 4 is 6.29 Å². The largest absolute Gasteiger partial charge is 0.507 e. The molecule has 3 heteroatoms. The molecule has 0 unspecified atom stereocenters. The normalized spacial score (nSPS) is 17.6. The predicted octanol–water partition coefficient (Wildman–Crippen LogP) is 4.78. The molecule has 2 aromatic rings. The van der Waals surface area contributed by atoms with Gasteiger partial charge in [-0.2, -0.15) is 0 Å². The van der Waals surface area contributed by atoms with E-state index >= 15 is 0 Å². The highest BCUT2D eigenvalue weighted by molar-refractivity contribution is 5.79. The van der Waals surface area contributed by atoms with Gasteiger partial charge >= 0.3 is 0 Å².